The molecular formula is C46H60F2N14O12S2. The van der Waals surface area contributed by atoms with E-state index in [9.17, 15) is 25.6 Å². The number of sulfone groups is 2. The van der Waals surface area contributed by atoms with E-state index in [1.807, 2.05) is 0 Å². The van der Waals surface area contributed by atoms with Crippen LogP contribution in [0, 0.1) is 11.6 Å². The molecule has 0 aliphatic carbocycles. The van der Waals surface area contributed by atoms with Gasteiger partial charge < -0.3 is 37.9 Å². The molecule has 0 saturated carbocycles. The first-order chi connectivity index (χ1) is 36.3. The lowest BCUT2D eigenvalue weighted by atomic mass is 10.1. The van der Waals surface area contributed by atoms with Gasteiger partial charge >= 0.3 is 0 Å². The lowest BCUT2D eigenvalue weighted by Gasteiger charge is -2.25. The summed E-state index contributed by atoms with van der Waals surface area (Å²) in [5.74, 6) is -0.705. The van der Waals surface area contributed by atoms with Crippen LogP contribution in [0.1, 0.15) is 113 Å². The molecule has 2 aliphatic heterocycles. The quantitative estimate of drug-likeness (QED) is 0.0929. The number of methoxy groups -OCH3 is 4. The molecule has 6 atom stereocenters. The van der Waals surface area contributed by atoms with Crippen molar-refractivity contribution in [2.45, 2.75) is 113 Å². The Bertz CT molecular complexity index is 2860. The van der Waals surface area contributed by atoms with E-state index in [0.29, 0.717) is 50.9 Å². The third kappa shape index (κ3) is 13.0. The number of halogens is 2. The van der Waals surface area contributed by atoms with Crippen LogP contribution in [-0.2, 0) is 50.1 Å². The number of hydrogen-bond acceptors (Lipinski definition) is 24. The average Bonchev–Trinajstić information content (AvgIpc) is 4.26. The summed E-state index contributed by atoms with van der Waals surface area (Å²) in [6.45, 7) is 11.9. The molecule has 6 aromatic rings. The van der Waals surface area contributed by atoms with E-state index in [4.69, 9.17) is 37.9 Å². The van der Waals surface area contributed by atoms with Crippen molar-refractivity contribution < 1.29 is 63.5 Å². The molecular weight excluding hydrogens is 1040 g/mol. The topological polar surface area (TPSA) is 307 Å². The summed E-state index contributed by atoms with van der Waals surface area (Å²) in [6.07, 6.45) is 4.98. The molecule has 0 unspecified atom stereocenters. The van der Waals surface area contributed by atoms with E-state index in [0.717, 1.165) is 24.8 Å². The summed E-state index contributed by atoms with van der Waals surface area (Å²) < 4.78 is 130. The molecule has 76 heavy (non-hydrogen) atoms. The SMILES string of the molecule is COc1ncnc(OC)c1-n1c(CS(=O)(=O)[C@@H](C)[C@@H](OC(C)C)c2ncc(F)cn2)nnc1[C@@H]1CCOC1.COc1ncnc(OC)c1-n1c(CS(=O)(=O)[C@@H](C)[C@@H](OC(C)C)c2ncc(F)cn2)nnc1[C@H]1CCOC1. The van der Waals surface area contributed by atoms with Gasteiger partial charge in [0.1, 0.15) is 48.0 Å². The zero-order valence-corrected chi connectivity index (χ0v) is 45.1. The Morgan fingerprint density at radius 3 is 1.14 bits per heavy atom. The summed E-state index contributed by atoms with van der Waals surface area (Å²) in [4.78, 5) is 32.6. The molecule has 412 valence electrons. The second-order valence-electron chi connectivity index (χ2n) is 18.0. The molecule has 2 saturated heterocycles. The number of aromatic nitrogens is 14. The van der Waals surface area contributed by atoms with Crippen molar-refractivity contribution in [3.8, 4) is 34.9 Å². The lowest BCUT2D eigenvalue weighted by molar-refractivity contribution is 0.00111. The second-order valence-corrected chi connectivity index (χ2v) is 22.7. The van der Waals surface area contributed by atoms with Crippen molar-refractivity contribution in [1.82, 2.24) is 69.4 Å². The Morgan fingerprint density at radius 1 is 0.539 bits per heavy atom. The van der Waals surface area contributed by atoms with E-state index in [1.165, 1.54) is 54.9 Å². The van der Waals surface area contributed by atoms with Crippen molar-refractivity contribution in [3.05, 3.63) is 84.0 Å². The van der Waals surface area contributed by atoms with Gasteiger partial charge in [0.15, 0.2) is 66.0 Å². The maximum atomic E-state index is 13.8. The molecule has 0 N–H and O–H groups in total. The van der Waals surface area contributed by atoms with Gasteiger partial charge in [0, 0.05) is 25.0 Å². The molecule has 30 heteroatoms. The molecule has 6 aromatic heterocycles. The molecule has 0 spiro atoms. The zero-order chi connectivity index (χ0) is 54.9. The van der Waals surface area contributed by atoms with Crippen LogP contribution in [0.2, 0.25) is 0 Å². The minimum atomic E-state index is -3.97. The van der Waals surface area contributed by atoms with Gasteiger partial charge in [-0.15, -0.1) is 20.4 Å². The Balaban J connectivity index is 0.000000221. The minimum Gasteiger partial charge on any atom is -0.479 e. The smallest absolute Gasteiger partial charge is 0.245 e. The summed E-state index contributed by atoms with van der Waals surface area (Å²) in [5, 5.41) is 14.9. The third-order valence-corrected chi connectivity index (χ3v) is 16.2. The Morgan fingerprint density at radius 2 is 0.868 bits per heavy atom. The van der Waals surface area contributed by atoms with Gasteiger partial charge in [-0.05, 0) is 54.4 Å². The van der Waals surface area contributed by atoms with Crippen LogP contribution in [0.25, 0.3) is 11.4 Å². The molecule has 0 aromatic carbocycles. The highest BCUT2D eigenvalue weighted by molar-refractivity contribution is 7.91. The van der Waals surface area contributed by atoms with Crippen LogP contribution >= 0.6 is 0 Å². The van der Waals surface area contributed by atoms with E-state index in [2.05, 4.69) is 60.3 Å². The molecule has 8 heterocycles. The van der Waals surface area contributed by atoms with Gasteiger partial charge in [0.05, 0.1) is 89.1 Å². The summed E-state index contributed by atoms with van der Waals surface area (Å²) in [6, 6.07) is 0. The fourth-order valence-corrected chi connectivity index (χ4v) is 11.0. The van der Waals surface area contributed by atoms with Crippen molar-refractivity contribution in [3.63, 3.8) is 0 Å². The van der Waals surface area contributed by atoms with E-state index >= 15 is 0 Å². The third-order valence-electron chi connectivity index (χ3n) is 12.1. The summed E-state index contributed by atoms with van der Waals surface area (Å²) >= 11 is 0. The molecule has 8 rings (SSSR count). The first-order valence-electron chi connectivity index (χ1n) is 23.9. The van der Waals surface area contributed by atoms with Gasteiger partial charge in [0.25, 0.3) is 0 Å². The van der Waals surface area contributed by atoms with Crippen LogP contribution in [0.15, 0.2) is 37.4 Å². The highest BCUT2D eigenvalue weighted by atomic mass is 32.2. The predicted molar refractivity (Wildman–Crippen MR) is 263 cm³/mol. The number of ether oxygens (including phenoxy) is 8. The van der Waals surface area contributed by atoms with Crippen LogP contribution in [0.4, 0.5) is 8.78 Å². The van der Waals surface area contributed by atoms with Crippen LogP contribution < -0.4 is 18.9 Å². The lowest BCUT2D eigenvalue weighted by Crippen LogP contribution is -2.32. The number of rotatable bonds is 22. The van der Waals surface area contributed by atoms with Crippen LogP contribution in [0.3, 0.4) is 0 Å². The number of nitrogens with zero attached hydrogens (tertiary/aromatic N) is 14. The molecule has 26 nitrogen and oxygen atoms in total. The Hall–Kier alpha value is -6.60. The van der Waals surface area contributed by atoms with Crippen LogP contribution in [-0.4, -0.2) is 164 Å². The van der Waals surface area contributed by atoms with E-state index in [1.54, 1.807) is 36.8 Å². The highest BCUT2D eigenvalue weighted by Gasteiger charge is 2.40. The van der Waals surface area contributed by atoms with Gasteiger partial charge in [-0.1, -0.05) is 0 Å². The van der Waals surface area contributed by atoms with Crippen molar-refractivity contribution in [2.75, 3.05) is 54.9 Å². The Labute approximate surface area is 437 Å². The molecule has 2 aliphatic rings. The molecule has 0 bridgehead atoms. The van der Waals surface area contributed by atoms with Gasteiger partial charge in [-0.3, -0.25) is 9.13 Å². The minimum absolute atomic E-state index is 0.0567. The zero-order valence-electron chi connectivity index (χ0n) is 43.5. The molecule has 2 fully saturated rings. The predicted octanol–water partition coefficient (Wildman–Crippen LogP) is 3.95. The van der Waals surface area contributed by atoms with Gasteiger partial charge in [-0.2, -0.15) is 19.9 Å². The Kier molecular flexibility index (Phi) is 18.8. The molecule has 0 amide bonds. The fourth-order valence-electron chi connectivity index (χ4n) is 8.30. The fraction of sp³-hybridized carbons (Fsp3) is 0.565. The number of hydrogen-bond donors (Lipinski definition) is 0. The first kappa shape index (κ1) is 57.1. The first-order valence-corrected chi connectivity index (χ1v) is 27.3. The van der Waals surface area contributed by atoms with Crippen LogP contribution in [0.5, 0.6) is 23.5 Å². The van der Waals surface area contributed by atoms with Crippen molar-refractivity contribution in [2.24, 2.45) is 0 Å². The monoisotopic (exact) mass is 1100 g/mol. The maximum Gasteiger partial charge on any atom is 0.245 e. The summed E-state index contributed by atoms with van der Waals surface area (Å²) in [7, 11) is -2.21. The van der Waals surface area contributed by atoms with Crippen molar-refractivity contribution in [1.29, 1.82) is 0 Å². The summed E-state index contributed by atoms with van der Waals surface area (Å²) in [5.41, 5.74) is 0.554. The largest absolute Gasteiger partial charge is 0.479 e. The molecule has 0 radical (unpaired) electrons. The van der Waals surface area contributed by atoms with Gasteiger partial charge in [-0.25, -0.2) is 45.6 Å². The average molecular weight is 1100 g/mol. The standard InChI is InChI=1S/2C23H30FN7O6S/c2*1-13(2)37-19(20-25-8-16(24)9-26-20)14(3)38(32,33)11-17-29-30-21(15-6-7-36-10-15)31(17)18-22(34-4)27-12-28-23(18)35-5/h2*8-9,12-15,19H,6-7,10-11H2,1-5H3/t14-,15+,19+;14-,15-,19+/m00/s1. The maximum absolute atomic E-state index is 13.8. The second kappa shape index (κ2) is 25.0. The van der Waals surface area contributed by atoms with Gasteiger partial charge in [0.2, 0.25) is 23.5 Å². The van der Waals surface area contributed by atoms with E-state index < -0.39 is 65.5 Å². The highest BCUT2D eigenvalue weighted by Crippen LogP contribution is 2.38. The normalized spacial score (nSPS) is 17.5. The van der Waals surface area contributed by atoms with Crippen molar-refractivity contribution >= 4 is 19.7 Å². The van der Waals surface area contributed by atoms with E-state index in [-0.39, 0.29) is 82.2 Å².